The molecule has 11 heteroatoms. The number of halogens is 4. The molecule has 0 atom stereocenters. The van der Waals surface area contributed by atoms with E-state index in [-0.39, 0.29) is 12.2 Å². The number of ether oxygens (including phenoxy) is 1. The molecule has 0 unspecified atom stereocenters. The van der Waals surface area contributed by atoms with Crippen LogP contribution in [0.2, 0.25) is 5.02 Å². The normalized spacial score (nSPS) is 11.6. The maximum Gasteiger partial charge on any atom is 0.437 e. The Morgan fingerprint density at radius 3 is 2.60 bits per heavy atom. The molecule has 7 nitrogen and oxygen atoms in total. The van der Waals surface area contributed by atoms with Gasteiger partial charge in [-0.2, -0.15) is 18.3 Å². The van der Waals surface area contributed by atoms with Crippen LogP contribution >= 0.6 is 11.6 Å². The topological polar surface area (TPSA) is 84.8 Å². The zero-order valence-corrected chi connectivity index (χ0v) is 15.8. The van der Waals surface area contributed by atoms with Gasteiger partial charge in [0, 0.05) is 5.02 Å². The number of imidazole rings is 1. The molecule has 4 rings (SSSR count). The van der Waals surface area contributed by atoms with Crippen LogP contribution in [0.15, 0.2) is 54.7 Å². The molecule has 0 aliphatic rings. The van der Waals surface area contributed by atoms with Gasteiger partial charge in [-0.3, -0.25) is 0 Å². The number of para-hydroxylation sites is 2. The molecule has 2 aromatic heterocycles. The highest BCUT2D eigenvalue weighted by atomic mass is 35.5. The molecule has 0 saturated carbocycles. The summed E-state index contributed by atoms with van der Waals surface area (Å²) in [6.07, 6.45) is -5.06. The highest BCUT2D eigenvalue weighted by Crippen LogP contribution is 2.37. The Balaban J connectivity index is 1.52. The van der Waals surface area contributed by atoms with Crippen LogP contribution in [-0.4, -0.2) is 25.8 Å². The Labute approximate surface area is 172 Å². The number of carbonyl (C=O) groups excluding carboxylic acids is 1. The van der Waals surface area contributed by atoms with Crippen LogP contribution in [0.3, 0.4) is 0 Å². The van der Waals surface area contributed by atoms with E-state index in [1.807, 2.05) is 18.2 Å². The number of hydrogen-bond acceptors (Lipinski definition) is 4. The highest BCUT2D eigenvalue weighted by molar-refractivity contribution is 6.30. The summed E-state index contributed by atoms with van der Waals surface area (Å²) in [5.41, 5.74) is 0.366. The Morgan fingerprint density at radius 2 is 1.90 bits per heavy atom. The molecule has 0 fully saturated rings. The molecule has 30 heavy (non-hydrogen) atoms. The van der Waals surface area contributed by atoms with Crippen molar-refractivity contribution in [2.24, 2.45) is 0 Å². The SMILES string of the molecule is O=C(NCc1nc2ccccc2[nH]1)Oc1cnn(-c2ccc(Cl)cc2)c1C(F)(F)F. The number of rotatable bonds is 4. The van der Waals surface area contributed by atoms with Gasteiger partial charge in [0.2, 0.25) is 0 Å². The first-order valence-corrected chi connectivity index (χ1v) is 8.99. The van der Waals surface area contributed by atoms with Gasteiger partial charge in [-0.15, -0.1) is 0 Å². The molecule has 4 aromatic rings. The molecule has 2 aromatic carbocycles. The number of hydrogen-bond donors (Lipinski definition) is 2. The van der Waals surface area contributed by atoms with Crippen molar-refractivity contribution >= 4 is 28.7 Å². The first kappa shape index (κ1) is 19.8. The van der Waals surface area contributed by atoms with Gasteiger partial charge >= 0.3 is 12.3 Å². The number of H-pyrrole nitrogens is 1. The van der Waals surface area contributed by atoms with Crippen molar-refractivity contribution in [3.05, 3.63) is 71.3 Å². The summed E-state index contributed by atoms with van der Waals surface area (Å²) in [6, 6.07) is 12.8. The number of amides is 1. The second-order valence-electron chi connectivity index (χ2n) is 6.19. The second kappa shape index (κ2) is 7.71. The van der Waals surface area contributed by atoms with Crippen LogP contribution in [0.4, 0.5) is 18.0 Å². The average molecular weight is 436 g/mol. The first-order valence-electron chi connectivity index (χ1n) is 8.62. The molecule has 0 bridgehead atoms. The third kappa shape index (κ3) is 4.08. The molecule has 0 radical (unpaired) electrons. The molecule has 0 saturated heterocycles. The van der Waals surface area contributed by atoms with E-state index in [4.69, 9.17) is 16.3 Å². The van der Waals surface area contributed by atoms with E-state index < -0.39 is 23.7 Å². The van der Waals surface area contributed by atoms with E-state index in [2.05, 4.69) is 20.4 Å². The molecule has 0 aliphatic carbocycles. The highest BCUT2D eigenvalue weighted by Gasteiger charge is 2.40. The third-order valence-electron chi connectivity index (χ3n) is 4.12. The van der Waals surface area contributed by atoms with E-state index in [0.717, 1.165) is 11.7 Å². The minimum Gasteiger partial charge on any atom is -0.406 e. The lowest BCUT2D eigenvalue weighted by molar-refractivity contribution is -0.143. The fourth-order valence-electron chi connectivity index (χ4n) is 2.83. The maximum absolute atomic E-state index is 13.6. The summed E-state index contributed by atoms with van der Waals surface area (Å²) in [5.74, 6) is -0.291. The zero-order valence-electron chi connectivity index (χ0n) is 15.1. The molecular weight excluding hydrogens is 423 g/mol. The van der Waals surface area contributed by atoms with Gasteiger partial charge in [0.15, 0.2) is 11.4 Å². The van der Waals surface area contributed by atoms with Crippen LogP contribution in [0.25, 0.3) is 16.7 Å². The lowest BCUT2D eigenvalue weighted by Crippen LogP contribution is -2.27. The number of aromatic nitrogens is 4. The number of nitrogens with zero attached hydrogens (tertiary/aromatic N) is 3. The Hall–Kier alpha value is -3.53. The van der Waals surface area contributed by atoms with E-state index in [1.165, 1.54) is 24.3 Å². The molecule has 0 spiro atoms. The van der Waals surface area contributed by atoms with Crippen molar-refractivity contribution in [3.8, 4) is 11.4 Å². The third-order valence-corrected chi connectivity index (χ3v) is 4.37. The van der Waals surface area contributed by atoms with Crippen molar-refractivity contribution in [1.29, 1.82) is 0 Å². The molecule has 154 valence electrons. The average Bonchev–Trinajstić information content (AvgIpc) is 3.30. The van der Waals surface area contributed by atoms with Crippen LogP contribution in [0.1, 0.15) is 11.5 Å². The zero-order chi connectivity index (χ0) is 21.3. The van der Waals surface area contributed by atoms with Crippen molar-refractivity contribution in [1.82, 2.24) is 25.1 Å². The van der Waals surface area contributed by atoms with Crippen LogP contribution in [0.5, 0.6) is 5.75 Å². The molecule has 1 amide bonds. The summed E-state index contributed by atoms with van der Waals surface area (Å²) >= 11 is 5.78. The Kier molecular flexibility index (Phi) is 5.08. The van der Waals surface area contributed by atoms with E-state index in [0.29, 0.717) is 21.0 Å². The van der Waals surface area contributed by atoms with Gasteiger partial charge in [-0.1, -0.05) is 23.7 Å². The lowest BCUT2D eigenvalue weighted by Gasteiger charge is -2.12. The fraction of sp³-hybridized carbons (Fsp3) is 0.105. The minimum absolute atomic E-state index is 0.0554. The second-order valence-corrected chi connectivity index (χ2v) is 6.62. The van der Waals surface area contributed by atoms with Gasteiger partial charge in [-0.25, -0.2) is 14.5 Å². The summed E-state index contributed by atoms with van der Waals surface area (Å²) in [7, 11) is 0. The van der Waals surface area contributed by atoms with Crippen LogP contribution < -0.4 is 10.1 Å². The molecule has 2 N–H and O–H groups in total. The van der Waals surface area contributed by atoms with Crippen molar-refractivity contribution in [2.45, 2.75) is 12.7 Å². The summed E-state index contributed by atoms with van der Waals surface area (Å²) in [6.45, 7) is -0.0554. The Morgan fingerprint density at radius 1 is 1.17 bits per heavy atom. The van der Waals surface area contributed by atoms with E-state index in [9.17, 15) is 18.0 Å². The van der Waals surface area contributed by atoms with Crippen molar-refractivity contribution < 1.29 is 22.7 Å². The predicted molar refractivity (Wildman–Crippen MR) is 103 cm³/mol. The van der Waals surface area contributed by atoms with Gasteiger partial charge in [0.1, 0.15) is 5.82 Å². The molecule has 0 aliphatic heterocycles. The number of carbonyl (C=O) groups is 1. The van der Waals surface area contributed by atoms with Gasteiger partial charge < -0.3 is 15.0 Å². The fourth-order valence-corrected chi connectivity index (χ4v) is 2.95. The van der Waals surface area contributed by atoms with Crippen LogP contribution in [-0.2, 0) is 12.7 Å². The summed E-state index contributed by atoms with van der Waals surface area (Å²) < 4.78 is 46.3. The van der Waals surface area contributed by atoms with Crippen molar-refractivity contribution in [2.75, 3.05) is 0 Å². The van der Waals surface area contributed by atoms with Crippen LogP contribution in [0, 0.1) is 0 Å². The number of benzene rings is 2. The summed E-state index contributed by atoms with van der Waals surface area (Å²) in [4.78, 5) is 19.3. The van der Waals surface area contributed by atoms with E-state index in [1.54, 1.807) is 6.07 Å². The number of aromatic amines is 1. The van der Waals surface area contributed by atoms with Gasteiger partial charge in [0.25, 0.3) is 0 Å². The Bertz CT molecular complexity index is 1170. The first-order chi connectivity index (χ1) is 14.3. The number of nitrogens with one attached hydrogen (secondary N) is 2. The molecular formula is C19H13ClF3N5O2. The minimum atomic E-state index is -4.81. The molecule has 2 heterocycles. The summed E-state index contributed by atoms with van der Waals surface area (Å²) in [5, 5.41) is 6.44. The largest absolute Gasteiger partial charge is 0.437 e. The number of fused-ring (bicyclic) bond motifs is 1. The standard InChI is InChI=1S/C19H13ClF3N5O2/c20-11-5-7-12(8-6-11)28-17(19(21,22)23)15(9-25-28)30-18(29)24-10-16-26-13-3-1-2-4-14(13)27-16/h1-9H,10H2,(H,24,29)(H,26,27). The van der Waals surface area contributed by atoms with Gasteiger partial charge in [0.05, 0.1) is 29.5 Å². The quantitative estimate of drug-likeness (QED) is 0.486. The number of alkyl halides is 3. The predicted octanol–water partition coefficient (Wildman–Crippen LogP) is 4.71. The lowest BCUT2D eigenvalue weighted by atomic mass is 10.3. The monoisotopic (exact) mass is 435 g/mol. The van der Waals surface area contributed by atoms with Crippen molar-refractivity contribution in [3.63, 3.8) is 0 Å². The van der Waals surface area contributed by atoms with E-state index >= 15 is 0 Å². The maximum atomic E-state index is 13.6. The smallest absolute Gasteiger partial charge is 0.406 e. The van der Waals surface area contributed by atoms with Gasteiger partial charge in [-0.05, 0) is 36.4 Å².